The molecule has 2 aromatic carbocycles. The highest BCUT2D eigenvalue weighted by molar-refractivity contribution is 5.52. The molecule has 2 rings (SSSR count). The van der Waals surface area contributed by atoms with Crippen LogP contribution in [-0.2, 0) is 5.41 Å². The van der Waals surface area contributed by atoms with Crippen molar-refractivity contribution in [2.45, 2.75) is 33.1 Å². The highest BCUT2D eigenvalue weighted by Crippen LogP contribution is 2.33. The number of benzene rings is 2. The van der Waals surface area contributed by atoms with E-state index in [0.29, 0.717) is 0 Å². The molecule has 18 heavy (non-hydrogen) atoms. The van der Waals surface area contributed by atoms with Crippen molar-refractivity contribution in [3.63, 3.8) is 0 Å². The first-order valence-electron chi connectivity index (χ1n) is 6.35. The summed E-state index contributed by atoms with van der Waals surface area (Å²) >= 11 is 0. The number of nitrogen functional groups attached to an aromatic ring is 1. The lowest BCUT2D eigenvalue weighted by Gasteiger charge is -2.27. The van der Waals surface area contributed by atoms with E-state index in [4.69, 9.17) is 5.73 Å². The molecule has 0 saturated carbocycles. The Morgan fingerprint density at radius 3 is 1.94 bits per heavy atom. The van der Waals surface area contributed by atoms with Gasteiger partial charge in [0.05, 0.1) is 0 Å². The molecule has 2 N–H and O–H groups in total. The second kappa shape index (κ2) is 4.49. The molecular weight excluding hydrogens is 218 g/mol. The minimum Gasteiger partial charge on any atom is -0.399 e. The van der Waals surface area contributed by atoms with Crippen LogP contribution in [0.5, 0.6) is 0 Å². The Bertz CT molecular complexity index is 550. The first-order valence-corrected chi connectivity index (χ1v) is 6.35. The first-order chi connectivity index (χ1) is 8.41. The number of anilines is 1. The predicted molar refractivity (Wildman–Crippen MR) is 78.9 cm³/mol. The van der Waals surface area contributed by atoms with E-state index in [9.17, 15) is 0 Å². The van der Waals surface area contributed by atoms with Crippen molar-refractivity contribution in [1.82, 2.24) is 0 Å². The lowest BCUT2D eigenvalue weighted by molar-refractivity contribution is 0.641. The van der Waals surface area contributed by atoms with E-state index in [1.807, 2.05) is 6.92 Å². The Morgan fingerprint density at radius 1 is 0.833 bits per heavy atom. The van der Waals surface area contributed by atoms with Crippen molar-refractivity contribution in [3.8, 4) is 0 Å². The van der Waals surface area contributed by atoms with Gasteiger partial charge in [-0.05, 0) is 36.6 Å². The zero-order valence-electron chi connectivity index (χ0n) is 11.6. The van der Waals surface area contributed by atoms with Gasteiger partial charge in [-0.2, -0.15) is 0 Å². The van der Waals surface area contributed by atoms with Crippen LogP contribution in [0.2, 0.25) is 0 Å². The molecule has 0 unspecified atom stereocenters. The van der Waals surface area contributed by atoms with Gasteiger partial charge >= 0.3 is 0 Å². The summed E-state index contributed by atoms with van der Waals surface area (Å²) in [6, 6.07) is 15.1. The molecule has 0 spiro atoms. The molecule has 0 bridgehead atoms. The normalized spacial score (nSPS) is 11.6. The average molecular weight is 239 g/mol. The van der Waals surface area contributed by atoms with Crippen molar-refractivity contribution < 1.29 is 0 Å². The van der Waals surface area contributed by atoms with Gasteiger partial charge in [0.2, 0.25) is 0 Å². The summed E-state index contributed by atoms with van der Waals surface area (Å²) in [6.45, 7) is 8.63. The Labute approximate surface area is 110 Å². The molecule has 0 aromatic heterocycles. The van der Waals surface area contributed by atoms with Gasteiger partial charge in [0.1, 0.15) is 0 Å². The zero-order valence-corrected chi connectivity index (χ0v) is 11.6. The van der Waals surface area contributed by atoms with Crippen LogP contribution in [0.4, 0.5) is 5.69 Å². The molecule has 0 aliphatic carbocycles. The van der Waals surface area contributed by atoms with Crippen molar-refractivity contribution in [3.05, 3.63) is 64.7 Å². The third-order valence-corrected chi connectivity index (χ3v) is 3.77. The van der Waals surface area contributed by atoms with Crippen LogP contribution in [0, 0.1) is 13.8 Å². The molecule has 1 heteroatoms. The van der Waals surface area contributed by atoms with E-state index >= 15 is 0 Å². The molecule has 0 radical (unpaired) electrons. The highest BCUT2D eigenvalue weighted by Gasteiger charge is 2.23. The minimum atomic E-state index is -0.0183. The lowest BCUT2D eigenvalue weighted by Crippen LogP contribution is -2.19. The quantitative estimate of drug-likeness (QED) is 0.780. The number of hydrogen-bond donors (Lipinski definition) is 1. The third kappa shape index (κ3) is 2.26. The molecule has 0 amide bonds. The van der Waals surface area contributed by atoms with E-state index in [1.165, 1.54) is 16.7 Å². The smallest absolute Gasteiger partial charge is 0.0346 e. The fourth-order valence-corrected chi connectivity index (χ4v) is 2.17. The van der Waals surface area contributed by atoms with Crippen molar-refractivity contribution in [2.75, 3.05) is 5.73 Å². The van der Waals surface area contributed by atoms with Gasteiger partial charge in [0.15, 0.2) is 0 Å². The maximum atomic E-state index is 6.02. The highest BCUT2D eigenvalue weighted by atomic mass is 14.6. The van der Waals surface area contributed by atoms with Gasteiger partial charge in [0.25, 0.3) is 0 Å². The van der Waals surface area contributed by atoms with Crippen LogP contribution < -0.4 is 5.73 Å². The molecule has 0 fully saturated rings. The molecule has 0 atom stereocenters. The topological polar surface area (TPSA) is 26.0 Å². The fraction of sp³-hybridized carbons (Fsp3) is 0.294. The molecule has 2 aromatic rings. The predicted octanol–water partition coefficient (Wildman–Crippen LogP) is 4.21. The van der Waals surface area contributed by atoms with Crippen LogP contribution >= 0.6 is 0 Å². The van der Waals surface area contributed by atoms with Crippen molar-refractivity contribution in [2.24, 2.45) is 0 Å². The second-order valence-corrected chi connectivity index (χ2v) is 5.56. The molecule has 0 aliphatic rings. The largest absolute Gasteiger partial charge is 0.399 e. The van der Waals surface area contributed by atoms with Crippen molar-refractivity contribution >= 4 is 5.69 Å². The summed E-state index contributed by atoms with van der Waals surface area (Å²) in [4.78, 5) is 0. The molecule has 0 saturated heterocycles. The summed E-state index contributed by atoms with van der Waals surface area (Å²) in [5, 5.41) is 0. The second-order valence-electron chi connectivity index (χ2n) is 5.56. The van der Waals surface area contributed by atoms with Crippen LogP contribution in [0.1, 0.15) is 36.1 Å². The third-order valence-electron chi connectivity index (χ3n) is 3.77. The van der Waals surface area contributed by atoms with Crippen LogP contribution in [0.15, 0.2) is 42.5 Å². The molecular formula is C17H21N. The molecule has 0 heterocycles. The summed E-state index contributed by atoms with van der Waals surface area (Å²) in [7, 11) is 0. The Hall–Kier alpha value is -1.76. The Kier molecular flexibility index (Phi) is 3.16. The lowest BCUT2D eigenvalue weighted by atomic mass is 9.77. The van der Waals surface area contributed by atoms with Crippen LogP contribution in [0.25, 0.3) is 0 Å². The number of rotatable bonds is 2. The van der Waals surface area contributed by atoms with Gasteiger partial charge in [-0.15, -0.1) is 0 Å². The van der Waals surface area contributed by atoms with Gasteiger partial charge in [0, 0.05) is 11.1 Å². The number of hydrogen-bond acceptors (Lipinski definition) is 1. The number of aryl methyl sites for hydroxylation is 2. The average Bonchev–Trinajstić information content (AvgIpc) is 2.33. The number of nitrogens with two attached hydrogens (primary N) is 1. The molecule has 1 nitrogen and oxygen atoms in total. The monoisotopic (exact) mass is 239 g/mol. The zero-order chi connectivity index (χ0) is 13.3. The van der Waals surface area contributed by atoms with E-state index in [-0.39, 0.29) is 5.41 Å². The molecule has 0 aliphatic heterocycles. The first kappa shape index (κ1) is 12.7. The van der Waals surface area contributed by atoms with Crippen LogP contribution in [0.3, 0.4) is 0 Å². The van der Waals surface area contributed by atoms with E-state index in [0.717, 1.165) is 11.3 Å². The maximum absolute atomic E-state index is 6.02. The molecule has 94 valence electrons. The van der Waals surface area contributed by atoms with Crippen LogP contribution in [-0.4, -0.2) is 0 Å². The van der Waals surface area contributed by atoms with Gasteiger partial charge in [-0.25, -0.2) is 0 Å². The Morgan fingerprint density at radius 2 is 1.39 bits per heavy atom. The van der Waals surface area contributed by atoms with Gasteiger partial charge in [-0.3, -0.25) is 0 Å². The van der Waals surface area contributed by atoms with Gasteiger partial charge in [-0.1, -0.05) is 55.8 Å². The van der Waals surface area contributed by atoms with E-state index in [2.05, 4.69) is 63.2 Å². The summed E-state index contributed by atoms with van der Waals surface area (Å²) in [6.07, 6.45) is 0. The fourth-order valence-electron chi connectivity index (χ4n) is 2.17. The van der Waals surface area contributed by atoms with Crippen molar-refractivity contribution in [1.29, 1.82) is 0 Å². The van der Waals surface area contributed by atoms with E-state index in [1.54, 1.807) is 0 Å². The summed E-state index contributed by atoms with van der Waals surface area (Å²) in [5.74, 6) is 0. The maximum Gasteiger partial charge on any atom is 0.0346 e. The summed E-state index contributed by atoms with van der Waals surface area (Å²) < 4.78 is 0. The minimum absolute atomic E-state index is 0.0183. The summed E-state index contributed by atoms with van der Waals surface area (Å²) in [5.41, 5.74) is 11.9. The SMILES string of the molecule is Cc1ccc(C(C)(C)c2ccc(C)c(N)c2)cc1. The van der Waals surface area contributed by atoms with E-state index < -0.39 is 0 Å². The Balaban J connectivity index is 2.46. The standard InChI is InChI=1S/C17H21N/c1-12-5-8-14(9-6-12)17(3,4)15-10-7-13(2)16(18)11-15/h5-11H,18H2,1-4H3. The van der Waals surface area contributed by atoms with Gasteiger partial charge < -0.3 is 5.73 Å².